The van der Waals surface area contributed by atoms with Crippen molar-refractivity contribution in [3.05, 3.63) is 35.6 Å². The Morgan fingerprint density at radius 1 is 1.10 bits per heavy atom. The standard InChI is InChI=1S/C21H30FN3O4S/c1-2-14-30(28,29)25-12-9-19(10-13-25)23-20(26)17-4-3-11-24(15-17)21(27)16-5-7-18(22)8-6-16/h5-8,17,19H,2-4,9-15H2,1H3,(H,23,26). The number of nitrogens with one attached hydrogen (secondary N) is 1. The number of benzene rings is 1. The van der Waals surface area contributed by atoms with Crippen LogP contribution in [0.3, 0.4) is 0 Å². The van der Waals surface area contributed by atoms with E-state index in [1.807, 2.05) is 6.92 Å². The van der Waals surface area contributed by atoms with Gasteiger partial charge in [0.15, 0.2) is 0 Å². The van der Waals surface area contributed by atoms with Crippen LogP contribution in [-0.2, 0) is 14.8 Å². The maximum atomic E-state index is 13.1. The summed E-state index contributed by atoms with van der Waals surface area (Å²) in [6, 6.07) is 5.39. The van der Waals surface area contributed by atoms with Gasteiger partial charge in [0.1, 0.15) is 5.82 Å². The van der Waals surface area contributed by atoms with Gasteiger partial charge >= 0.3 is 0 Å². The molecule has 0 radical (unpaired) electrons. The number of piperidine rings is 2. The number of sulfonamides is 1. The van der Waals surface area contributed by atoms with E-state index in [4.69, 9.17) is 0 Å². The Morgan fingerprint density at radius 2 is 1.77 bits per heavy atom. The number of nitrogens with zero attached hydrogens (tertiary/aromatic N) is 2. The van der Waals surface area contributed by atoms with E-state index in [0.29, 0.717) is 57.4 Å². The zero-order valence-corrected chi connectivity index (χ0v) is 18.2. The topological polar surface area (TPSA) is 86.8 Å². The van der Waals surface area contributed by atoms with E-state index in [2.05, 4.69) is 5.32 Å². The van der Waals surface area contributed by atoms with Crippen LogP contribution in [0, 0.1) is 11.7 Å². The van der Waals surface area contributed by atoms with E-state index in [0.717, 1.165) is 6.42 Å². The van der Waals surface area contributed by atoms with E-state index in [9.17, 15) is 22.4 Å². The highest BCUT2D eigenvalue weighted by molar-refractivity contribution is 7.89. The summed E-state index contributed by atoms with van der Waals surface area (Å²) in [4.78, 5) is 27.1. The van der Waals surface area contributed by atoms with Crippen LogP contribution in [0.25, 0.3) is 0 Å². The smallest absolute Gasteiger partial charge is 0.253 e. The molecule has 1 aromatic carbocycles. The van der Waals surface area contributed by atoms with Crippen LogP contribution < -0.4 is 5.32 Å². The lowest BCUT2D eigenvalue weighted by atomic mass is 9.95. The molecule has 0 aromatic heterocycles. The minimum absolute atomic E-state index is 0.0475. The Balaban J connectivity index is 1.51. The minimum atomic E-state index is -3.20. The molecule has 1 aromatic rings. The van der Waals surface area contributed by atoms with Gasteiger partial charge in [-0.25, -0.2) is 17.1 Å². The number of carbonyl (C=O) groups excluding carboxylic acids is 2. The predicted molar refractivity (Wildman–Crippen MR) is 112 cm³/mol. The van der Waals surface area contributed by atoms with Crippen molar-refractivity contribution >= 4 is 21.8 Å². The first-order valence-electron chi connectivity index (χ1n) is 10.6. The van der Waals surface area contributed by atoms with Crippen LogP contribution in [0.4, 0.5) is 4.39 Å². The number of halogens is 1. The highest BCUT2D eigenvalue weighted by Gasteiger charge is 2.32. The van der Waals surface area contributed by atoms with Gasteiger partial charge in [0.05, 0.1) is 11.7 Å². The first-order chi connectivity index (χ1) is 14.3. The van der Waals surface area contributed by atoms with Crippen molar-refractivity contribution in [2.75, 3.05) is 31.9 Å². The molecule has 2 aliphatic heterocycles. The third kappa shape index (κ3) is 5.57. The number of likely N-dealkylation sites (tertiary alicyclic amines) is 1. The molecule has 0 aliphatic carbocycles. The highest BCUT2D eigenvalue weighted by Crippen LogP contribution is 2.21. The number of hydrogen-bond acceptors (Lipinski definition) is 4. The minimum Gasteiger partial charge on any atom is -0.353 e. The van der Waals surface area contributed by atoms with Gasteiger partial charge in [-0.15, -0.1) is 0 Å². The van der Waals surface area contributed by atoms with Crippen LogP contribution >= 0.6 is 0 Å². The summed E-state index contributed by atoms with van der Waals surface area (Å²) in [6.07, 6.45) is 3.23. The molecule has 166 valence electrons. The normalized spacial score (nSPS) is 21.4. The molecule has 9 heteroatoms. The molecular weight excluding hydrogens is 409 g/mol. The van der Waals surface area contributed by atoms with Crippen molar-refractivity contribution in [1.29, 1.82) is 0 Å². The molecule has 2 amide bonds. The summed E-state index contributed by atoms with van der Waals surface area (Å²) in [7, 11) is -3.20. The molecule has 0 bridgehead atoms. The Hall–Kier alpha value is -2.00. The lowest BCUT2D eigenvalue weighted by Gasteiger charge is -2.35. The van der Waals surface area contributed by atoms with E-state index in [-0.39, 0.29) is 29.5 Å². The van der Waals surface area contributed by atoms with Crippen LogP contribution in [0.5, 0.6) is 0 Å². The highest BCUT2D eigenvalue weighted by atomic mass is 32.2. The molecule has 0 spiro atoms. The summed E-state index contributed by atoms with van der Waals surface area (Å²) in [6.45, 7) is 3.61. The van der Waals surface area contributed by atoms with Crippen molar-refractivity contribution in [2.24, 2.45) is 5.92 Å². The molecule has 30 heavy (non-hydrogen) atoms. The summed E-state index contributed by atoms with van der Waals surface area (Å²) in [5.74, 6) is -0.797. The maximum absolute atomic E-state index is 13.1. The molecule has 7 nitrogen and oxygen atoms in total. The fourth-order valence-corrected chi connectivity index (χ4v) is 5.68. The first-order valence-corrected chi connectivity index (χ1v) is 12.2. The first kappa shape index (κ1) is 22.7. The van der Waals surface area contributed by atoms with Crippen molar-refractivity contribution in [3.8, 4) is 0 Å². The lowest BCUT2D eigenvalue weighted by Crippen LogP contribution is -2.51. The van der Waals surface area contributed by atoms with Gasteiger partial charge in [-0.2, -0.15) is 0 Å². The molecule has 2 saturated heterocycles. The van der Waals surface area contributed by atoms with Crippen molar-refractivity contribution in [2.45, 2.75) is 45.1 Å². The molecule has 2 heterocycles. The van der Waals surface area contributed by atoms with Gasteiger partial charge in [-0.05, 0) is 56.4 Å². The lowest BCUT2D eigenvalue weighted by molar-refractivity contribution is -0.127. The number of rotatable bonds is 6. The van der Waals surface area contributed by atoms with Gasteiger partial charge in [-0.3, -0.25) is 9.59 Å². The molecule has 2 aliphatic rings. The quantitative estimate of drug-likeness (QED) is 0.735. The second kappa shape index (κ2) is 9.87. The summed E-state index contributed by atoms with van der Waals surface area (Å²) in [5, 5.41) is 3.05. The van der Waals surface area contributed by atoms with Crippen molar-refractivity contribution in [3.63, 3.8) is 0 Å². The van der Waals surface area contributed by atoms with Crippen LogP contribution in [-0.4, -0.2) is 67.4 Å². The van der Waals surface area contributed by atoms with Gasteiger partial charge in [0, 0.05) is 37.8 Å². The third-order valence-corrected chi connectivity index (χ3v) is 7.90. The zero-order valence-electron chi connectivity index (χ0n) is 17.3. The zero-order chi connectivity index (χ0) is 21.7. The fourth-order valence-electron chi connectivity index (χ4n) is 4.14. The van der Waals surface area contributed by atoms with E-state index in [1.165, 1.54) is 28.6 Å². The van der Waals surface area contributed by atoms with Crippen LogP contribution in [0.1, 0.15) is 49.4 Å². The van der Waals surface area contributed by atoms with Crippen LogP contribution in [0.15, 0.2) is 24.3 Å². The molecular formula is C21H30FN3O4S. The number of carbonyl (C=O) groups is 2. The SMILES string of the molecule is CCCS(=O)(=O)N1CCC(NC(=O)C2CCCN(C(=O)c3ccc(F)cc3)C2)CC1. The number of amides is 2. The Kier molecular flexibility index (Phi) is 7.46. The fraction of sp³-hybridized carbons (Fsp3) is 0.619. The van der Waals surface area contributed by atoms with Gasteiger partial charge < -0.3 is 10.2 Å². The predicted octanol–water partition coefficient (Wildman–Crippen LogP) is 2.00. The number of hydrogen-bond donors (Lipinski definition) is 1. The van der Waals surface area contributed by atoms with Crippen molar-refractivity contribution in [1.82, 2.24) is 14.5 Å². The molecule has 2 fully saturated rings. The Bertz CT molecular complexity index is 852. The van der Waals surface area contributed by atoms with Gasteiger partial charge in [0.2, 0.25) is 15.9 Å². The van der Waals surface area contributed by atoms with E-state index in [1.54, 1.807) is 4.90 Å². The van der Waals surface area contributed by atoms with E-state index < -0.39 is 15.8 Å². The van der Waals surface area contributed by atoms with Crippen LogP contribution in [0.2, 0.25) is 0 Å². The summed E-state index contributed by atoms with van der Waals surface area (Å²) < 4.78 is 39.0. The second-order valence-corrected chi connectivity index (χ2v) is 10.2. The maximum Gasteiger partial charge on any atom is 0.253 e. The van der Waals surface area contributed by atoms with Gasteiger partial charge in [-0.1, -0.05) is 6.92 Å². The second-order valence-electron chi connectivity index (χ2n) is 8.10. The molecule has 0 saturated carbocycles. The van der Waals surface area contributed by atoms with Crippen molar-refractivity contribution < 1.29 is 22.4 Å². The molecule has 1 unspecified atom stereocenters. The molecule has 1 atom stereocenters. The largest absolute Gasteiger partial charge is 0.353 e. The summed E-state index contributed by atoms with van der Waals surface area (Å²) in [5.41, 5.74) is 0.415. The Morgan fingerprint density at radius 3 is 2.40 bits per heavy atom. The Labute approximate surface area is 177 Å². The average molecular weight is 440 g/mol. The average Bonchev–Trinajstić information content (AvgIpc) is 2.74. The van der Waals surface area contributed by atoms with Gasteiger partial charge in [0.25, 0.3) is 5.91 Å². The third-order valence-electron chi connectivity index (χ3n) is 5.83. The monoisotopic (exact) mass is 439 g/mol. The summed E-state index contributed by atoms with van der Waals surface area (Å²) >= 11 is 0. The molecule has 3 rings (SSSR count). The molecule has 1 N–H and O–H groups in total. The van der Waals surface area contributed by atoms with E-state index >= 15 is 0 Å².